The molecule has 1 amide bonds. The van der Waals surface area contributed by atoms with Gasteiger partial charge in [-0.05, 0) is 31.4 Å². The monoisotopic (exact) mass is 262 g/mol. The molecule has 0 aromatic carbocycles. The number of amides is 1. The Morgan fingerprint density at radius 2 is 2.00 bits per heavy atom. The maximum atomic E-state index is 12.0. The molecule has 0 radical (unpaired) electrons. The van der Waals surface area contributed by atoms with Crippen molar-refractivity contribution >= 4 is 17.5 Å². The number of rotatable bonds is 5. The van der Waals surface area contributed by atoms with Crippen LogP contribution in [0.4, 0.5) is 11.6 Å². The van der Waals surface area contributed by atoms with E-state index in [0.29, 0.717) is 13.0 Å². The Morgan fingerprint density at radius 1 is 1.26 bits per heavy atom. The van der Waals surface area contributed by atoms with Gasteiger partial charge in [0.05, 0.1) is 0 Å². The molecule has 1 aromatic rings. The lowest BCUT2D eigenvalue weighted by Crippen LogP contribution is -2.36. The van der Waals surface area contributed by atoms with Crippen molar-refractivity contribution in [3.05, 3.63) is 18.2 Å². The lowest BCUT2D eigenvalue weighted by atomic mass is 10.1. The molecular formula is C14H22N4O. The number of hydrogen-bond acceptors (Lipinski definition) is 4. The van der Waals surface area contributed by atoms with E-state index in [4.69, 9.17) is 0 Å². The Balaban J connectivity index is 1.74. The molecule has 0 atom stereocenters. The third-order valence-electron chi connectivity index (χ3n) is 3.36. The van der Waals surface area contributed by atoms with Crippen LogP contribution in [0, 0.1) is 0 Å². The van der Waals surface area contributed by atoms with E-state index in [9.17, 15) is 4.79 Å². The van der Waals surface area contributed by atoms with E-state index < -0.39 is 0 Å². The van der Waals surface area contributed by atoms with Crippen LogP contribution in [-0.4, -0.2) is 42.5 Å². The van der Waals surface area contributed by atoms with Crippen LogP contribution in [0.15, 0.2) is 18.2 Å². The van der Waals surface area contributed by atoms with Crippen LogP contribution in [0.2, 0.25) is 0 Å². The number of anilines is 2. The minimum absolute atomic E-state index is 0.247. The Kier molecular flexibility index (Phi) is 5.01. The molecule has 1 aliphatic rings. The van der Waals surface area contributed by atoms with Gasteiger partial charge in [-0.1, -0.05) is 6.07 Å². The summed E-state index contributed by atoms with van der Waals surface area (Å²) < 4.78 is 0. The quantitative estimate of drug-likeness (QED) is 0.851. The number of piperidine rings is 1. The van der Waals surface area contributed by atoms with E-state index in [1.807, 2.05) is 30.1 Å². The Morgan fingerprint density at radius 3 is 2.74 bits per heavy atom. The van der Waals surface area contributed by atoms with E-state index in [2.05, 4.69) is 15.6 Å². The minimum atomic E-state index is 0.247. The zero-order valence-electron chi connectivity index (χ0n) is 11.5. The van der Waals surface area contributed by atoms with E-state index in [1.54, 1.807) is 0 Å². The molecule has 104 valence electrons. The van der Waals surface area contributed by atoms with Crippen LogP contribution >= 0.6 is 0 Å². The molecule has 5 heteroatoms. The van der Waals surface area contributed by atoms with Gasteiger partial charge in [0, 0.05) is 33.1 Å². The first-order valence-corrected chi connectivity index (χ1v) is 6.96. The van der Waals surface area contributed by atoms with Crippen LogP contribution in [0.1, 0.15) is 25.7 Å². The molecule has 1 aliphatic heterocycles. The summed E-state index contributed by atoms with van der Waals surface area (Å²) in [5, 5.41) is 6.18. The van der Waals surface area contributed by atoms with Gasteiger partial charge < -0.3 is 15.5 Å². The number of nitrogens with one attached hydrogen (secondary N) is 2. The van der Waals surface area contributed by atoms with Crippen LogP contribution in [0.25, 0.3) is 0 Å². The average Bonchev–Trinajstić information content (AvgIpc) is 2.48. The van der Waals surface area contributed by atoms with Gasteiger partial charge >= 0.3 is 0 Å². The fourth-order valence-corrected chi connectivity index (χ4v) is 2.27. The zero-order chi connectivity index (χ0) is 13.5. The number of nitrogens with zero attached hydrogens (tertiary/aromatic N) is 2. The second-order valence-electron chi connectivity index (χ2n) is 4.78. The molecule has 0 saturated carbocycles. The number of aromatic nitrogens is 1. The van der Waals surface area contributed by atoms with Crippen LogP contribution in [0.5, 0.6) is 0 Å². The first-order chi connectivity index (χ1) is 9.29. The Hall–Kier alpha value is -1.78. The normalized spacial score (nSPS) is 15.1. The SMILES string of the molecule is CNc1cccc(NCCC(=O)N2CCCCC2)n1. The van der Waals surface area contributed by atoms with Gasteiger partial charge in [0.1, 0.15) is 11.6 Å². The topological polar surface area (TPSA) is 57.3 Å². The summed E-state index contributed by atoms with van der Waals surface area (Å²) in [4.78, 5) is 18.3. The second-order valence-corrected chi connectivity index (χ2v) is 4.78. The molecule has 0 unspecified atom stereocenters. The largest absolute Gasteiger partial charge is 0.373 e. The predicted octanol–water partition coefficient (Wildman–Crippen LogP) is 1.94. The second kappa shape index (κ2) is 6.97. The van der Waals surface area contributed by atoms with Crippen molar-refractivity contribution in [3.63, 3.8) is 0 Å². The molecule has 1 saturated heterocycles. The fraction of sp³-hybridized carbons (Fsp3) is 0.571. The maximum Gasteiger partial charge on any atom is 0.224 e. The van der Waals surface area contributed by atoms with Gasteiger partial charge in [-0.3, -0.25) is 4.79 Å². The molecule has 0 spiro atoms. The number of pyridine rings is 1. The van der Waals surface area contributed by atoms with Crippen molar-refractivity contribution in [2.24, 2.45) is 0 Å². The molecule has 1 fully saturated rings. The van der Waals surface area contributed by atoms with Crippen molar-refractivity contribution in [2.75, 3.05) is 37.3 Å². The lowest BCUT2D eigenvalue weighted by molar-refractivity contribution is -0.131. The molecular weight excluding hydrogens is 240 g/mol. The summed E-state index contributed by atoms with van der Waals surface area (Å²) >= 11 is 0. The van der Waals surface area contributed by atoms with E-state index >= 15 is 0 Å². The van der Waals surface area contributed by atoms with Gasteiger partial charge in [0.2, 0.25) is 5.91 Å². The third-order valence-corrected chi connectivity index (χ3v) is 3.36. The van der Waals surface area contributed by atoms with Crippen molar-refractivity contribution in [2.45, 2.75) is 25.7 Å². The summed E-state index contributed by atoms with van der Waals surface area (Å²) in [6.07, 6.45) is 4.07. The number of likely N-dealkylation sites (tertiary alicyclic amines) is 1. The molecule has 0 aliphatic carbocycles. The molecule has 2 heterocycles. The van der Waals surface area contributed by atoms with Gasteiger partial charge in [-0.2, -0.15) is 0 Å². The molecule has 0 bridgehead atoms. The minimum Gasteiger partial charge on any atom is -0.373 e. The first-order valence-electron chi connectivity index (χ1n) is 6.96. The molecule has 1 aromatic heterocycles. The molecule has 2 rings (SSSR count). The average molecular weight is 262 g/mol. The summed E-state index contributed by atoms with van der Waals surface area (Å²) in [6, 6.07) is 5.75. The summed E-state index contributed by atoms with van der Waals surface area (Å²) in [5.41, 5.74) is 0. The van der Waals surface area contributed by atoms with E-state index in [0.717, 1.165) is 37.6 Å². The lowest BCUT2D eigenvalue weighted by Gasteiger charge is -2.26. The van der Waals surface area contributed by atoms with Gasteiger partial charge in [0.25, 0.3) is 0 Å². The number of carbonyl (C=O) groups excluding carboxylic acids is 1. The highest BCUT2D eigenvalue weighted by Crippen LogP contribution is 2.11. The van der Waals surface area contributed by atoms with E-state index in [-0.39, 0.29) is 5.91 Å². The van der Waals surface area contributed by atoms with Crippen molar-refractivity contribution in [1.82, 2.24) is 9.88 Å². The number of hydrogen-bond donors (Lipinski definition) is 2. The van der Waals surface area contributed by atoms with Crippen LogP contribution in [-0.2, 0) is 4.79 Å². The molecule has 2 N–H and O–H groups in total. The summed E-state index contributed by atoms with van der Waals surface area (Å²) in [5.74, 6) is 1.88. The summed E-state index contributed by atoms with van der Waals surface area (Å²) in [6.45, 7) is 2.48. The smallest absolute Gasteiger partial charge is 0.224 e. The molecule has 5 nitrogen and oxygen atoms in total. The predicted molar refractivity (Wildman–Crippen MR) is 77.3 cm³/mol. The molecule has 19 heavy (non-hydrogen) atoms. The van der Waals surface area contributed by atoms with Gasteiger partial charge in [0.15, 0.2) is 0 Å². The zero-order valence-corrected chi connectivity index (χ0v) is 11.5. The van der Waals surface area contributed by atoms with Gasteiger partial charge in [-0.15, -0.1) is 0 Å². The van der Waals surface area contributed by atoms with Crippen molar-refractivity contribution in [1.29, 1.82) is 0 Å². The highest BCUT2D eigenvalue weighted by Gasteiger charge is 2.15. The van der Waals surface area contributed by atoms with E-state index in [1.165, 1.54) is 6.42 Å². The van der Waals surface area contributed by atoms with Crippen molar-refractivity contribution in [3.8, 4) is 0 Å². The highest BCUT2D eigenvalue weighted by molar-refractivity contribution is 5.76. The maximum absolute atomic E-state index is 12.0. The number of carbonyl (C=O) groups is 1. The first kappa shape index (κ1) is 13.6. The third kappa shape index (κ3) is 4.12. The fourth-order valence-electron chi connectivity index (χ4n) is 2.27. The standard InChI is InChI=1S/C14H22N4O/c1-15-12-6-5-7-13(17-12)16-9-8-14(19)18-10-3-2-4-11-18/h5-7H,2-4,8-11H2,1H3,(H2,15,16,17). The highest BCUT2D eigenvalue weighted by atomic mass is 16.2. The van der Waals surface area contributed by atoms with Gasteiger partial charge in [-0.25, -0.2) is 4.98 Å². The van der Waals surface area contributed by atoms with Crippen LogP contribution < -0.4 is 10.6 Å². The summed E-state index contributed by atoms with van der Waals surface area (Å²) in [7, 11) is 1.84. The van der Waals surface area contributed by atoms with Crippen molar-refractivity contribution < 1.29 is 4.79 Å². The Bertz CT molecular complexity index is 416. The Labute approximate surface area is 114 Å². The van der Waals surface area contributed by atoms with Crippen LogP contribution in [0.3, 0.4) is 0 Å².